The highest BCUT2D eigenvalue weighted by Gasteiger charge is 2.43. The number of ether oxygens (including phenoxy) is 1. The average molecular weight is 448 g/mol. The fourth-order valence-corrected chi connectivity index (χ4v) is 4.04. The Kier molecular flexibility index (Phi) is 4.81. The van der Waals surface area contributed by atoms with E-state index in [-0.39, 0.29) is 33.6 Å². The lowest BCUT2D eigenvalue weighted by Crippen LogP contribution is -2.45. The molecule has 2 aliphatic rings. The summed E-state index contributed by atoms with van der Waals surface area (Å²) in [6.45, 7) is 10.5. The summed E-state index contributed by atoms with van der Waals surface area (Å²) < 4.78 is 5.42. The second-order valence-corrected chi connectivity index (χ2v) is 10.1. The molecule has 0 saturated carbocycles. The van der Waals surface area contributed by atoms with Crippen LogP contribution in [-0.4, -0.2) is 50.5 Å². The van der Waals surface area contributed by atoms with Crippen molar-refractivity contribution in [1.82, 2.24) is 9.80 Å². The first-order valence-corrected chi connectivity index (χ1v) is 10.5. The number of hydrogen-bond donors (Lipinski definition) is 0. The molecule has 0 aromatic heterocycles. The van der Waals surface area contributed by atoms with E-state index in [1.807, 2.05) is 0 Å². The molecule has 2 heterocycles. The highest BCUT2D eigenvalue weighted by molar-refractivity contribution is 6.23. The zero-order valence-electron chi connectivity index (χ0n) is 19.3. The van der Waals surface area contributed by atoms with Crippen LogP contribution >= 0.6 is 0 Å². The summed E-state index contributed by atoms with van der Waals surface area (Å²) in [6, 6.07) is 8.45. The summed E-state index contributed by atoms with van der Waals surface area (Å²) >= 11 is 0. The van der Waals surface area contributed by atoms with E-state index in [4.69, 9.17) is 4.74 Å². The Morgan fingerprint density at radius 1 is 0.636 bits per heavy atom. The lowest BCUT2D eigenvalue weighted by atomic mass is 10.1. The van der Waals surface area contributed by atoms with Crippen LogP contribution in [0.3, 0.4) is 0 Å². The quantitative estimate of drug-likeness (QED) is 0.395. The van der Waals surface area contributed by atoms with Crippen LogP contribution in [0, 0.1) is 0 Å². The van der Waals surface area contributed by atoms with Gasteiger partial charge in [-0.25, -0.2) is 4.79 Å². The van der Waals surface area contributed by atoms with Gasteiger partial charge in [0.05, 0.1) is 27.8 Å². The summed E-state index contributed by atoms with van der Waals surface area (Å²) in [4.78, 5) is 65.8. The number of nitrogens with zero attached hydrogens (tertiary/aromatic N) is 2. The molecule has 0 spiro atoms. The Balaban J connectivity index is 1.60. The summed E-state index contributed by atoms with van der Waals surface area (Å²) in [6.07, 6.45) is 0. The molecule has 0 fully saturated rings. The fourth-order valence-electron chi connectivity index (χ4n) is 4.04. The van der Waals surface area contributed by atoms with Gasteiger partial charge in [0.15, 0.2) is 0 Å². The second kappa shape index (κ2) is 7.10. The van der Waals surface area contributed by atoms with Crippen LogP contribution in [0.1, 0.15) is 93.3 Å². The van der Waals surface area contributed by atoms with Crippen LogP contribution in [-0.2, 0) is 0 Å². The van der Waals surface area contributed by atoms with Crippen LogP contribution in [0.25, 0.3) is 0 Å². The average Bonchev–Trinajstić information content (AvgIpc) is 3.11. The predicted molar refractivity (Wildman–Crippen MR) is 118 cm³/mol. The molecule has 4 rings (SSSR count). The predicted octanol–water partition coefficient (Wildman–Crippen LogP) is 3.69. The lowest BCUT2D eigenvalue weighted by Gasteiger charge is -2.29. The van der Waals surface area contributed by atoms with Crippen molar-refractivity contribution >= 4 is 29.6 Å². The molecule has 8 nitrogen and oxygen atoms in total. The third-order valence-corrected chi connectivity index (χ3v) is 5.53. The van der Waals surface area contributed by atoms with Gasteiger partial charge in [0.25, 0.3) is 23.6 Å². The number of amides is 4. The lowest BCUT2D eigenvalue weighted by molar-refractivity contribution is 0.0489. The van der Waals surface area contributed by atoms with Crippen molar-refractivity contribution in [3.63, 3.8) is 0 Å². The standard InChI is InChI=1S/C25H24N2O6/c1-24(2,3)26-19(28)15-9-7-13(11-17(15)21(26)30)23(32)33-14-8-10-16-18(12-14)22(31)27(20(16)29)25(4,5)6/h7-12H,1-6H3. The van der Waals surface area contributed by atoms with E-state index in [0.29, 0.717) is 0 Å². The van der Waals surface area contributed by atoms with Crippen LogP contribution in [0.5, 0.6) is 5.75 Å². The molecule has 0 N–H and O–H groups in total. The van der Waals surface area contributed by atoms with Crippen molar-refractivity contribution in [2.24, 2.45) is 0 Å². The van der Waals surface area contributed by atoms with Crippen molar-refractivity contribution in [1.29, 1.82) is 0 Å². The van der Waals surface area contributed by atoms with Crippen LogP contribution in [0.4, 0.5) is 0 Å². The van der Waals surface area contributed by atoms with Gasteiger partial charge in [0, 0.05) is 11.1 Å². The van der Waals surface area contributed by atoms with Gasteiger partial charge in [0.2, 0.25) is 0 Å². The van der Waals surface area contributed by atoms with E-state index in [9.17, 15) is 24.0 Å². The maximum Gasteiger partial charge on any atom is 0.343 e. The van der Waals surface area contributed by atoms with Crippen LogP contribution < -0.4 is 4.74 Å². The Labute approximate surface area is 191 Å². The SMILES string of the molecule is CC(C)(C)N1C(=O)c2ccc(OC(=O)c3ccc4c(c3)C(=O)N(C(C)(C)C)C4=O)cc2C1=O. The monoisotopic (exact) mass is 448 g/mol. The smallest absolute Gasteiger partial charge is 0.343 e. The molecule has 0 aliphatic carbocycles. The van der Waals surface area contributed by atoms with Crippen LogP contribution in [0.2, 0.25) is 0 Å². The van der Waals surface area contributed by atoms with Crippen molar-refractivity contribution in [3.8, 4) is 5.75 Å². The largest absolute Gasteiger partial charge is 0.423 e. The molecule has 8 heteroatoms. The summed E-state index contributed by atoms with van der Waals surface area (Å²) in [5.74, 6) is -2.39. The van der Waals surface area contributed by atoms with Crippen molar-refractivity contribution in [2.45, 2.75) is 52.6 Å². The van der Waals surface area contributed by atoms with Gasteiger partial charge in [-0.3, -0.25) is 29.0 Å². The highest BCUT2D eigenvalue weighted by Crippen LogP contribution is 2.33. The van der Waals surface area contributed by atoms with Gasteiger partial charge in [0.1, 0.15) is 5.75 Å². The minimum absolute atomic E-state index is 0.0879. The van der Waals surface area contributed by atoms with Crippen molar-refractivity contribution < 1.29 is 28.7 Å². The highest BCUT2D eigenvalue weighted by atomic mass is 16.5. The van der Waals surface area contributed by atoms with Gasteiger partial charge in [-0.15, -0.1) is 0 Å². The maximum atomic E-state index is 12.8. The first-order chi connectivity index (χ1) is 15.2. The van der Waals surface area contributed by atoms with Gasteiger partial charge >= 0.3 is 5.97 Å². The van der Waals surface area contributed by atoms with Gasteiger partial charge in [-0.1, -0.05) is 0 Å². The fraction of sp³-hybridized carbons (Fsp3) is 0.320. The molecule has 0 unspecified atom stereocenters. The number of carbonyl (C=O) groups is 5. The third-order valence-electron chi connectivity index (χ3n) is 5.53. The molecule has 33 heavy (non-hydrogen) atoms. The van der Waals surface area contributed by atoms with Crippen molar-refractivity contribution in [2.75, 3.05) is 0 Å². The topological polar surface area (TPSA) is 101 Å². The van der Waals surface area contributed by atoms with E-state index in [2.05, 4.69) is 0 Å². The molecule has 0 atom stereocenters. The first kappa shape index (κ1) is 22.4. The normalized spacial score (nSPS) is 15.8. The van der Waals surface area contributed by atoms with E-state index >= 15 is 0 Å². The number of imide groups is 2. The molecule has 0 radical (unpaired) electrons. The van der Waals surface area contributed by atoms with Crippen molar-refractivity contribution in [3.05, 3.63) is 64.2 Å². The Hall–Kier alpha value is -3.81. The summed E-state index contributed by atoms with van der Waals surface area (Å²) in [7, 11) is 0. The number of hydrogen-bond acceptors (Lipinski definition) is 6. The molecular weight excluding hydrogens is 424 g/mol. The molecule has 4 amide bonds. The molecule has 170 valence electrons. The minimum Gasteiger partial charge on any atom is -0.423 e. The molecule has 2 aliphatic heterocycles. The van der Waals surface area contributed by atoms with E-state index in [1.54, 1.807) is 41.5 Å². The minimum atomic E-state index is -0.753. The molecular formula is C25H24N2O6. The Bertz CT molecular complexity index is 1260. The van der Waals surface area contributed by atoms with Gasteiger partial charge < -0.3 is 4.74 Å². The van der Waals surface area contributed by atoms with Gasteiger partial charge in [-0.05, 0) is 77.9 Å². The molecule has 2 aromatic carbocycles. The number of esters is 1. The summed E-state index contributed by atoms with van der Waals surface area (Å²) in [5.41, 5.74) is -0.530. The maximum absolute atomic E-state index is 12.8. The number of rotatable bonds is 2. The Morgan fingerprint density at radius 3 is 1.55 bits per heavy atom. The van der Waals surface area contributed by atoms with Crippen LogP contribution in [0.15, 0.2) is 36.4 Å². The van der Waals surface area contributed by atoms with E-state index in [0.717, 1.165) is 4.90 Å². The number of benzene rings is 2. The zero-order chi connectivity index (χ0) is 24.5. The van der Waals surface area contributed by atoms with E-state index < -0.39 is 40.7 Å². The van der Waals surface area contributed by atoms with E-state index in [1.165, 1.54) is 41.3 Å². The first-order valence-electron chi connectivity index (χ1n) is 10.5. The Morgan fingerprint density at radius 2 is 1.06 bits per heavy atom. The molecule has 0 bridgehead atoms. The number of carbonyl (C=O) groups excluding carboxylic acids is 5. The summed E-state index contributed by atoms with van der Waals surface area (Å²) in [5, 5.41) is 0. The molecule has 2 aromatic rings. The molecule has 0 saturated heterocycles. The number of fused-ring (bicyclic) bond motifs is 2. The second-order valence-electron chi connectivity index (χ2n) is 10.1. The zero-order valence-corrected chi connectivity index (χ0v) is 19.3. The van der Waals surface area contributed by atoms with Gasteiger partial charge in [-0.2, -0.15) is 0 Å². The third kappa shape index (κ3) is 3.51.